The largest absolute Gasteiger partial charge is 0.493 e. The van der Waals surface area contributed by atoms with Crippen molar-refractivity contribution < 1.29 is 19.0 Å². The molecule has 2 heterocycles. The van der Waals surface area contributed by atoms with E-state index in [0.29, 0.717) is 33.7 Å². The van der Waals surface area contributed by atoms with Crippen LogP contribution >= 0.6 is 23.5 Å². The van der Waals surface area contributed by atoms with E-state index in [1.54, 1.807) is 32.4 Å². The fraction of sp³-hybridized carbons (Fsp3) is 0.421. The van der Waals surface area contributed by atoms with Crippen LogP contribution in [0.2, 0.25) is 0 Å². The fourth-order valence-electron chi connectivity index (χ4n) is 2.92. The van der Waals surface area contributed by atoms with Gasteiger partial charge in [-0.1, -0.05) is 18.7 Å². The Morgan fingerprint density at radius 3 is 2.68 bits per heavy atom. The van der Waals surface area contributed by atoms with Gasteiger partial charge in [0.2, 0.25) is 0 Å². The summed E-state index contributed by atoms with van der Waals surface area (Å²) in [5.74, 6) is 1.57. The van der Waals surface area contributed by atoms with Crippen LogP contribution in [-0.4, -0.2) is 47.9 Å². The van der Waals surface area contributed by atoms with Gasteiger partial charge in [-0.25, -0.2) is 4.98 Å². The van der Waals surface area contributed by atoms with Gasteiger partial charge in [0.15, 0.2) is 16.7 Å². The van der Waals surface area contributed by atoms with Crippen LogP contribution in [0.4, 0.5) is 0 Å². The average molecular weight is 423 g/mol. The normalized spacial score (nSPS) is 13.7. The zero-order valence-corrected chi connectivity index (χ0v) is 17.8. The molecule has 1 unspecified atom stereocenters. The van der Waals surface area contributed by atoms with Gasteiger partial charge in [0, 0.05) is 18.2 Å². The lowest BCUT2D eigenvalue weighted by Gasteiger charge is -2.18. The van der Waals surface area contributed by atoms with Gasteiger partial charge in [0.1, 0.15) is 5.25 Å². The summed E-state index contributed by atoms with van der Waals surface area (Å²) in [7, 11) is 4.46. The molecular formula is C19H22N2O5S2. The number of rotatable bonds is 7. The standard InChI is InChI=1S/C19H22N2O5S2/c1-5-15(18(23)26-4)28-19-20-12-8-9-27-16(12)17(22)21(19)11-6-7-13(24-2)14(10-11)25-3/h6-7,10,15H,5,8-9H2,1-4H3. The van der Waals surface area contributed by atoms with E-state index in [9.17, 15) is 9.59 Å². The molecule has 9 heteroatoms. The highest BCUT2D eigenvalue weighted by molar-refractivity contribution is 8.00. The van der Waals surface area contributed by atoms with E-state index in [2.05, 4.69) is 0 Å². The molecule has 2 aromatic rings. The zero-order valence-electron chi connectivity index (χ0n) is 16.2. The first-order valence-corrected chi connectivity index (χ1v) is 10.7. The maximum absolute atomic E-state index is 13.2. The summed E-state index contributed by atoms with van der Waals surface area (Å²) in [5, 5.41) is 0.0196. The van der Waals surface area contributed by atoms with E-state index in [0.717, 1.165) is 17.9 Å². The molecule has 0 saturated heterocycles. The van der Waals surface area contributed by atoms with Crippen molar-refractivity contribution in [1.29, 1.82) is 0 Å². The Hall–Kier alpha value is -2.13. The molecule has 150 valence electrons. The molecule has 7 nitrogen and oxygen atoms in total. The molecule has 1 aromatic carbocycles. The van der Waals surface area contributed by atoms with Gasteiger partial charge in [-0.2, -0.15) is 0 Å². The number of nitrogens with zero attached hydrogens (tertiary/aromatic N) is 2. The Morgan fingerprint density at radius 1 is 1.29 bits per heavy atom. The summed E-state index contributed by atoms with van der Waals surface area (Å²) in [6, 6.07) is 5.25. The lowest BCUT2D eigenvalue weighted by atomic mass is 10.2. The SMILES string of the molecule is CCC(Sc1nc2c(c(=O)n1-c1ccc(OC)c(OC)c1)SCC2)C(=O)OC. The van der Waals surface area contributed by atoms with E-state index in [1.165, 1.54) is 35.2 Å². The van der Waals surface area contributed by atoms with Crippen LogP contribution in [0.1, 0.15) is 19.0 Å². The lowest BCUT2D eigenvalue weighted by molar-refractivity contribution is -0.140. The van der Waals surface area contributed by atoms with Crippen LogP contribution in [0.5, 0.6) is 11.5 Å². The molecule has 1 aliphatic heterocycles. The minimum atomic E-state index is -0.449. The number of aromatic nitrogens is 2. The van der Waals surface area contributed by atoms with Crippen LogP contribution in [0, 0.1) is 0 Å². The van der Waals surface area contributed by atoms with Crippen molar-refractivity contribution in [3.8, 4) is 17.2 Å². The number of carbonyl (C=O) groups excluding carboxylic acids is 1. The number of methoxy groups -OCH3 is 3. The highest BCUT2D eigenvalue weighted by Crippen LogP contribution is 2.34. The van der Waals surface area contributed by atoms with Gasteiger partial charge in [0.25, 0.3) is 5.56 Å². The summed E-state index contributed by atoms with van der Waals surface area (Å²) in [4.78, 5) is 30.7. The number of esters is 1. The van der Waals surface area contributed by atoms with Crippen molar-refractivity contribution in [2.75, 3.05) is 27.1 Å². The molecule has 0 spiro atoms. The van der Waals surface area contributed by atoms with Crippen molar-refractivity contribution in [1.82, 2.24) is 9.55 Å². The second kappa shape index (κ2) is 8.91. The van der Waals surface area contributed by atoms with Crippen molar-refractivity contribution >= 4 is 29.5 Å². The van der Waals surface area contributed by atoms with Gasteiger partial charge in [-0.15, -0.1) is 11.8 Å². The minimum Gasteiger partial charge on any atom is -0.493 e. The summed E-state index contributed by atoms with van der Waals surface area (Å²) >= 11 is 2.75. The van der Waals surface area contributed by atoms with Crippen LogP contribution in [0.15, 0.2) is 33.0 Å². The lowest BCUT2D eigenvalue weighted by Crippen LogP contribution is -2.26. The maximum Gasteiger partial charge on any atom is 0.319 e. The number of hydrogen-bond acceptors (Lipinski definition) is 8. The Morgan fingerprint density at radius 2 is 2.04 bits per heavy atom. The predicted octanol–water partition coefficient (Wildman–Crippen LogP) is 2.94. The summed E-state index contributed by atoms with van der Waals surface area (Å²) in [6.07, 6.45) is 1.30. The fourth-order valence-corrected chi connectivity index (χ4v) is 5.02. The zero-order chi connectivity index (χ0) is 20.3. The topological polar surface area (TPSA) is 79.7 Å². The molecule has 28 heavy (non-hydrogen) atoms. The molecule has 3 rings (SSSR count). The quantitative estimate of drug-likeness (QED) is 0.383. The highest BCUT2D eigenvalue weighted by atomic mass is 32.2. The second-order valence-corrected chi connectivity index (χ2v) is 8.26. The van der Waals surface area contributed by atoms with Crippen LogP contribution in [0.3, 0.4) is 0 Å². The second-order valence-electron chi connectivity index (χ2n) is 5.99. The molecule has 0 amide bonds. The average Bonchev–Trinajstić information content (AvgIpc) is 3.20. The van der Waals surface area contributed by atoms with Gasteiger partial charge in [0.05, 0.1) is 37.6 Å². The molecule has 1 atom stereocenters. The number of hydrogen-bond donors (Lipinski definition) is 0. The van der Waals surface area contributed by atoms with Crippen molar-refractivity contribution in [2.45, 2.75) is 35.1 Å². The van der Waals surface area contributed by atoms with E-state index in [4.69, 9.17) is 19.2 Å². The molecule has 0 radical (unpaired) electrons. The summed E-state index contributed by atoms with van der Waals surface area (Å²) in [6.45, 7) is 1.90. The molecule has 1 aliphatic rings. The van der Waals surface area contributed by atoms with Crippen molar-refractivity contribution in [2.24, 2.45) is 0 Å². The summed E-state index contributed by atoms with van der Waals surface area (Å²) < 4.78 is 17.1. The first-order chi connectivity index (χ1) is 13.5. The molecule has 0 saturated carbocycles. The molecule has 0 fully saturated rings. The molecule has 0 N–H and O–H groups in total. The van der Waals surface area contributed by atoms with Crippen molar-refractivity contribution in [3.63, 3.8) is 0 Å². The number of ether oxygens (including phenoxy) is 3. The van der Waals surface area contributed by atoms with Gasteiger partial charge in [-0.05, 0) is 18.6 Å². The molecular weight excluding hydrogens is 400 g/mol. The molecule has 0 aliphatic carbocycles. The van der Waals surface area contributed by atoms with Gasteiger partial charge < -0.3 is 14.2 Å². The highest BCUT2D eigenvalue weighted by Gasteiger charge is 2.27. The third kappa shape index (κ3) is 3.86. The summed E-state index contributed by atoms with van der Waals surface area (Å²) in [5.41, 5.74) is 1.25. The number of benzene rings is 1. The number of carbonyl (C=O) groups is 1. The van der Waals surface area contributed by atoms with Crippen molar-refractivity contribution in [3.05, 3.63) is 34.2 Å². The number of aryl methyl sites for hydroxylation is 1. The smallest absolute Gasteiger partial charge is 0.319 e. The molecule has 0 bridgehead atoms. The Balaban J connectivity index is 2.16. The third-order valence-corrected chi connectivity index (χ3v) is 6.78. The Labute approximate surface area is 171 Å². The molecule has 1 aromatic heterocycles. The van der Waals surface area contributed by atoms with Gasteiger partial charge >= 0.3 is 5.97 Å². The predicted molar refractivity (Wildman–Crippen MR) is 109 cm³/mol. The maximum atomic E-state index is 13.2. The first-order valence-electron chi connectivity index (χ1n) is 8.79. The monoisotopic (exact) mass is 422 g/mol. The van der Waals surface area contributed by atoms with Crippen LogP contribution in [0.25, 0.3) is 5.69 Å². The Kier molecular flexibility index (Phi) is 6.56. The van der Waals surface area contributed by atoms with E-state index < -0.39 is 5.25 Å². The third-order valence-electron chi connectivity index (χ3n) is 4.37. The number of fused-ring (bicyclic) bond motifs is 1. The van der Waals surface area contributed by atoms with E-state index >= 15 is 0 Å². The Bertz CT molecular complexity index is 945. The number of thioether (sulfide) groups is 2. The van der Waals surface area contributed by atoms with Gasteiger partial charge in [-0.3, -0.25) is 14.2 Å². The minimum absolute atomic E-state index is 0.137. The van der Waals surface area contributed by atoms with E-state index in [1.807, 2.05) is 6.92 Å². The van der Waals surface area contributed by atoms with E-state index in [-0.39, 0.29) is 11.5 Å². The van der Waals surface area contributed by atoms with Crippen LogP contribution < -0.4 is 15.0 Å². The first kappa shape index (κ1) is 20.6. The van der Waals surface area contributed by atoms with Crippen LogP contribution in [-0.2, 0) is 16.0 Å².